The van der Waals surface area contributed by atoms with Gasteiger partial charge in [-0.05, 0) is 6.07 Å². The molecule has 16 heavy (non-hydrogen) atoms. The lowest BCUT2D eigenvalue weighted by Gasteiger charge is -2.14. The van der Waals surface area contributed by atoms with Crippen LogP contribution in [-0.2, 0) is 18.4 Å². The summed E-state index contributed by atoms with van der Waals surface area (Å²) in [5, 5.41) is 15.1. The zero-order valence-corrected chi connectivity index (χ0v) is 9.17. The molecule has 1 aromatic heterocycles. The zero-order valence-electron chi connectivity index (χ0n) is 9.17. The summed E-state index contributed by atoms with van der Waals surface area (Å²) in [4.78, 5) is 22.8. The minimum absolute atomic E-state index is 0.281. The Balaban J connectivity index is 2.37. The Kier molecular flexibility index (Phi) is 3.87. The van der Waals surface area contributed by atoms with Crippen LogP contribution in [0.4, 0.5) is 4.79 Å². The first-order valence-electron chi connectivity index (χ1n) is 4.68. The Morgan fingerprint density at radius 3 is 2.81 bits per heavy atom. The summed E-state index contributed by atoms with van der Waals surface area (Å²) in [6, 6.07) is 1.34. The first-order chi connectivity index (χ1) is 7.49. The molecule has 0 aliphatic heterocycles. The highest BCUT2D eigenvalue weighted by atomic mass is 16.4. The van der Waals surface area contributed by atoms with Crippen LogP contribution in [0.25, 0.3) is 0 Å². The highest BCUT2D eigenvalue weighted by Crippen LogP contribution is 1.94. The molecule has 0 aliphatic rings. The van der Waals surface area contributed by atoms with Crippen molar-refractivity contribution in [3.8, 4) is 0 Å². The van der Waals surface area contributed by atoms with Crippen molar-refractivity contribution in [2.24, 2.45) is 7.05 Å². The van der Waals surface area contributed by atoms with E-state index in [0.717, 1.165) is 10.6 Å². The molecule has 1 heterocycles. The van der Waals surface area contributed by atoms with Crippen molar-refractivity contribution in [2.45, 2.75) is 6.54 Å². The summed E-state index contributed by atoms with van der Waals surface area (Å²) in [6.07, 6.45) is 1.77. The summed E-state index contributed by atoms with van der Waals surface area (Å²) in [5.41, 5.74) is 0.722. The van der Waals surface area contributed by atoms with Crippen molar-refractivity contribution in [2.75, 3.05) is 13.6 Å². The van der Waals surface area contributed by atoms with Crippen LogP contribution < -0.4 is 5.32 Å². The van der Waals surface area contributed by atoms with Crippen molar-refractivity contribution in [3.05, 3.63) is 18.0 Å². The molecule has 0 fully saturated rings. The number of urea groups is 1. The normalized spacial score (nSPS) is 9.88. The smallest absolute Gasteiger partial charge is 0.323 e. The van der Waals surface area contributed by atoms with Gasteiger partial charge < -0.3 is 15.3 Å². The van der Waals surface area contributed by atoms with Gasteiger partial charge in [0.2, 0.25) is 0 Å². The van der Waals surface area contributed by atoms with E-state index in [1.54, 1.807) is 24.0 Å². The molecule has 7 heteroatoms. The number of rotatable bonds is 4. The Labute approximate surface area is 92.7 Å². The summed E-state index contributed by atoms with van der Waals surface area (Å²) < 4.78 is 1.63. The SMILES string of the molecule is CN(CC(=O)O)C(=O)NCc1ccn(C)n1. The number of aromatic nitrogens is 2. The van der Waals surface area contributed by atoms with Crippen molar-refractivity contribution < 1.29 is 14.7 Å². The van der Waals surface area contributed by atoms with E-state index in [2.05, 4.69) is 10.4 Å². The Morgan fingerprint density at radius 2 is 2.31 bits per heavy atom. The molecule has 0 radical (unpaired) electrons. The first-order valence-corrected chi connectivity index (χ1v) is 4.68. The van der Waals surface area contributed by atoms with E-state index in [9.17, 15) is 9.59 Å². The number of hydrogen-bond donors (Lipinski definition) is 2. The molecule has 7 nitrogen and oxygen atoms in total. The maximum absolute atomic E-state index is 11.4. The molecular weight excluding hydrogens is 212 g/mol. The third-order valence-electron chi connectivity index (χ3n) is 1.91. The quantitative estimate of drug-likeness (QED) is 0.734. The van der Waals surface area contributed by atoms with E-state index in [0.29, 0.717) is 0 Å². The highest BCUT2D eigenvalue weighted by Gasteiger charge is 2.11. The molecule has 0 saturated heterocycles. The molecule has 0 bridgehead atoms. The van der Waals surface area contributed by atoms with Crippen LogP contribution in [0.15, 0.2) is 12.3 Å². The molecule has 1 rings (SSSR count). The summed E-state index contributed by atoms with van der Waals surface area (Å²) in [6.45, 7) is -0.0440. The standard InChI is InChI=1S/C9H14N4O3/c1-12(6-8(14)15)9(16)10-5-7-3-4-13(2)11-7/h3-4H,5-6H2,1-2H3,(H,10,16)(H,14,15). The minimum Gasteiger partial charge on any atom is -0.480 e. The average Bonchev–Trinajstić information content (AvgIpc) is 2.59. The maximum Gasteiger partial charge on any atom is 0.323 e. The van der Waals surface area contributed by atoms with E-state index in [1.165, 1.54) is 7.05 Å². The van der Waals surface area contributed by atoms with Gasteiger partial charge in [0.05, 0.1) is 12.2 Å². The van der Waals surface area contributed by atoms with E-state index in [4.69, 9.17) is 5.11 Å². The predicted octanol–water partition coefficient (Wildman–Crippen LogP) is -0.354. The van der Waals surface area contributed by atoms with E-state index < -0.39 is 12.0 Å². The molecule has 0 saturated carbocycles. The Hall–Kier alpha value is -2.05. The van der Waals surface area contributed by atoms with Gasteiger partial charge in [0, 0.05) is 20.3 Å². The second-order valence-electron chi connectivity index (χ2n) is 3.39. The predicted molar refractivity (Wildman–Crippen MR) is 55.7 cm³/mol. The number of carboxylic acid groups (broad SMARTS) is 1. The number of hydrogen-bond acceptors (Lipinski definition) is 3. The van der Waals surface area contributed by atoms with Crippen molar-refractivity contribution >= 4 is 12.0 Å². The van der Waals surface area contributed by atoms with Gasteiger partial charge >= 0.3 is 12.0 Å². The van der Waals surface area contributed by atoms with Crippen molar-refractivity contribution in [3.63, 3.8) is 0 Å². The second-order valence-corrected chi connectivity index (χ2v) is 3.39. The third kappa shape index (κ3) is 3.60. The number of nitrogens with zero attached hydrogens (tertiary/aromatic N) is 3. The summed E-state index contributed by atoms with van der Waals surface area (Å²) >= 11 is 0. The second kappa shape index (κ2) is 5.15. The zero-order chi connectivity index (χ0) is 12.1. The molecule has 2 N–H and O–H groups in total. The molecule has 0 aliphatic carbocycles. The Morgan fingerprint density at radius 1 is 1.62 bits per heavy atom. The van der Waals surface area contributed by atoms with Gasteiger partial charge in [-0.15, -0.1) is 0 Å². The van der Waals surface area contributed by atoms with E-state index >= 15 is 0 Å². The molecule has 0 atom stereocenters. The van der Waals surface area contributed by atoms with Crippen LogP contribution in [-0.4, -0.2) is 45.4 Å². The van der Waals surface area contributed by atoms with Gasteiger partial charge in [0.1, 0.15) is 6.54 Å². The lowest BCUT2D eigenvalue weighted by molar-refractivity contribution is -0.137. The number of carboxylic acids is 1. The molecule has 88 valence electrons. The van der Waals surface area contributed by atoms with Gasteiger partial charge in [-0.3, -0.25) is 9.48 Å². The lowest BCUT2D eigenvalue weighted by Crippen LogP contribution is -2.39. The molecular formula is C9H14N4O3. The highest BCUT2D eigenvalue weighted by molar-refractivity contribution is 5.79. The minimum atomic E-state index is -1.05. The fourth-order valence-electron chi connectivity index (χ4n) is 1.13. The van der Waals surface area contributed by atoms with Crippen LogP contribution in [0.2, 0.25) is 0 Å². The maximum atomic E-state index is 11.4. The van der Waals surface area contributed by atoms with Gasteiger partial charge in [0.25, 0.3) is 0 Å². The van der Waals surface area contributed by atoms with Crippen molar-refractivity contribution in [1.29, 1.82) is 0 Å². The number of aliphatic carboxylic acids is 1. The monoisotopic (exact) mass is 226 g/mol. The number of likely N-dealkylation sites (N-methyl/N-ethyl adjacent to an activating group) is 1. The number of carbonyl (C=O) groups is 2. The van der Waals surface area contributed by atoms with E-state index in [-0.39, 0.29) is 13.1 Å². The molecule has 0 aromatic carbocycles. The van der Waals surface area contributed by atoms with Crippen LogP contribution >= 0.6 is 0 Å². The van der Waals surface area contributed by atoms with Crippen LogP contribution in [0.5, 0.6) is 0 Å². The molecule has 0 spiro atoms. The van der Waals surface area contributed by atoms with Crippen LogP contribution in [0.1, 0.15) is 5.69 Å². The largest absolute Gasteiger partial charge is 0.480 e. The molecule has 0 unspecified atom stereocenters. The fraction of sp³-hybridized carbons (Fsp3) is 0.444. The van der Waals surface area contributed by atoms with Gasteiger partial charge in [0.15, 0.2) is 0 Å². The van der Waals surface area contributed by atoms with Crippen molar-refractivity contribution in [1.82, 2.24) is 20.0 Å². The van der Waals surface area contributed by atoms with E-state index in [1.807, 2.05) is 0 Å². The first kappa shape index (κ1) is 12.0. The third-order valence-corrected chi connectivity index (χ3v) is 1.91. The van der Waals surface area contributed by atoms with Gasteiger partial charge in [-0.2, -0.15) is 5.10 Å². The lowest BCUT2D eigenvalue weighted by atomic mass is 10.4. The molecule has 2 amide bonds. The van der Waals surface area contributed by atoms with Gasteiger partial charge in [-0.25, -0.2) is 4.79 Å². The number of aryl methyl sites for hydroxylation is 1. The van der Waals surface area contributed by atoms with Gasteiger partial charge in [-0.1, -0.05) is 0 Å². The number of nitrogens with one attached hydrogen (secondary N) is 1. The summed E-state index contributed by atoms with van der Waals surface area (Å²) in [7, 11) is 3.20. The average molecular weight is 226 g/mol. The Bertz CT molecular complexity index is 388. The topological polar surface area (TPSA) is 87.5 Å². The number of carbonyl (C=O) groups excluding carboxylic acids is 1. The van der Waals surface area contributed by atoms with Crippen LogP contribution in [0, 0.1) is 0 Å². The molecule has 1 aromatic rings. The van der Waals surface area contributed by atoms with Crippen LogP contribution in [0.3, 0.4) is 0 Å². The fourth-order valence-corrected chi connectivity index (χ4v) is 1.13. The number of amides is 2. The summed E-state index contributed by atoms with van der Waals surface area (Å²) in [5.74, 6) is -1.05.